The fraction of sp³-hybridized carbons (Fsp3) is 0.250. The SMILES string of the molecule is C=C(C)C(N)NC(=O)c1cccc(C(F)(F)F)c1. The largest absolute Gasteiger partial charge is 0.416 e. The summed E-state index contributed by atoms with van der Waals surface area (Å²) in [6, 6.07) is 4.13. The Labute approximate surface area is 102 Å². The Morgan fingerprint density at radius 3 is 2.56 bits per heavy atom. The van der Waals surface area contributed by atoms with Crippen LogP contribution in [-0.4, -0.2) is 12.1 Å². The zero-order valence-corrected chi connectivity index (χ0v) is 9.71. The maximum atomic E-state index is 12.5. The van der Waals surface area contributed by atoms with E-state index >= 15 is 0 Å². The first kappa shape index (κ1) is 14.2. The predicted molar refractivity (Wildman–Crippen MR) is 61.7 cm³/mol. The molecule has 0 aliphatic carbocycles. The van der Waals surface area contributed by atoms with E-state index in [2.05, 4.69) is 11.9 Å². The van der Waals surface area contributed by atoms with Gasteiger partial charge in [-0.1, -0.05) is 12.6 Å². The Kier molecular flexibility index (Phi) is 4.13. The molecule has 1 atom stereocenters. The van der Waals surface area contributed by atoms with E-state index in [1.165, 1.54) is 12.1 Å². The van der Waals surface area contributed by atoms with Gasteiger partial charge in [-0.05, 0) is 30.7 Å². The van der Waals surface area contributed by atoms with Gasteiger partial charge in [0.1, 0.15) is 0 Å². The summed E-state index contributed by atoms with van der Waals surface area (Å²) in [5, 5.41) is 2.35. The van der Waals surface area contributed by atoms with Crippen molar-refractivity contribution in [3.05, 3.63) is 47.5 Å². The van der Waals surface area contributed by atoms with Gasteiger partial charge in [-0.2, -0.15) is 13.2 Å². The number of nitrogens with two attached hydrogens (primary N) is 1. The van der Waals surface area contributed by atoms with Crippen molar-refractivity contribution < 1.29 is 18.0 Å². The molecule has 0 aromatic heterocycles. The van der Waals surface area contributed by atoms with Crippen molar-refractivity contribution in [2.45, 2.75) is 19.3 Å². The first-order valence-corrected chi connectivity index (χ1v) is 5.11. The van der Waals surface area contributed by atoms with Gasteiger partial charge in [0.15, 0.2) is 0 Å². The Hall–Kier alpha value is -1.82. The van der Waals surface area contributed by atoms with E-state index < -0.39 is 23.8 Å². The maximum Gasteiger partial charge on any atom is 0.416 e. The Balaban J connectivity index is 2.91. The van der Waals surface area contributed by atoms with Crippen molar-refractivity contribution in [3.63, 3.8) is 0 Å². The van der Waals surface area contributed by atoms with Crippen LogP contribution in [0.25, 0.3) is 0 Å². The first-order chi connectivity index (χ1) is 8.21. The monoisotopic (exact) mass is 258 g/mol. The minimum absolute atomic E-state index is 0.0958. The highest BCUT2D eigenvalue weighted by atomic mass is 19.4. The highest BCUT2D eigenvalue weighted by Gasteiger charge is 2.30. The number of benzene rings is 1. The first-order valence-electron chi connectivity index (χ1n) is 5.11. The molecule has 1 rings (SSSR count). The quantitative estimate of drug-likeness (QED) is 0.645. The molecule has 0 saturated heterocycles. The molecule has 1 unspecified atom stereocenters. The smallest absolute Gasteiger partial charge is 0.333 e. The molecule has 0 radical (unpaired) electrons. The molecule has 6 heteroatoms. The van der Waals surface area contributed by atoms with Gasteiger partial charge in [-0.15, -0.1) is 0 Å². The van der Waals surface area contributed by atoms with E-state index in [-0.39, 0.29) is 5.56 Å². The summed E-state index contributed by atoms with van der Waals surface area (Å²) in [5.74, 6) is -0.670. The standard InChI is InChI=1S/C12H13F3N2O/c1-7(2)10(16)17-11(18)8-4-3-5-9(6-8)12(13,14)15/h3-6,10H,1,16H2,2H3,(H,17,18). The van der Waals surface area contributed by atoms with Crippen molar-refractivity contribution >= 4 is 5.91 Å². The Bertz CT molecular complexity index is 469. The Morgan fingerprint density at radius 2 is 2.06 bits per heavy atom. The van der Waals surface area contributed by atoms with Crippen molar-refractivity contribution in [1.29, 1.82) is 0 Å². The summed E-state index contributed by atoms with van der Waals surface area (Å²) >= 11 is 0. The molecule has 0 saturated carbocycles. The number of carbonyl (C=O) groups is 1. The van der Waals surface area contributed by atoms with Crippen LogP contribution in [0.5, 0.6) is 0 Å². The van der Waals surface area contributed by atoms with Crippen LogP contribution in [0.4, 0.5) is 13.2 Å². The lowest BCUT2D eigenvalue weighted by Gasteiger charge is -2.14. The number of hydrogen-bond acceptors (Lipinski definition) is 2. The van der Waals surface area contributed by atoms with E-state index in [9.17, 15) is 18.0 Å². The third-order valence-corrected chi connectivity index (χ3v) is 2.27. The summed E-state index contributed by atoms with van der Waals surface area (Å²) in [4.78, 5) is 11.6. The minimum atomic E-state index is -4.48. The molecule has 1 aromatic carbocycles. The van der Waals surface area contributed by atoms with Crippen LogP contribution in [0.1, 0.15) is 22.8 Å². The zero-order chi connectivity index (χ0) is 13.9. The zero-order valence-electron chi connectivity index (χ0n) is 9.71. The lowest BCUT2D eigenvalue weighted by molar-refractivity contribution is -0.137. The van der Waals surface area contributed by atoms with Crippen molar-refractivity contribution in [2.75, 3.05) is 0 Å². The second-order valence-corrected chi connectivity index (χ2v) is 3.88. The molecule has 3 N–H and O–H groups in total. The molecule has 0 spiro atoms. The molecule has 3 nitrogen and oxygen atoms in total. The molecule has 0 aliphatic heterocycles. The van der Waals surface area contributed by atoms with Crippen LogP contribution in [0.3, 0.4) is 0 Å². The third kappa shape index (κ3) is 3.59. The summed E-state index contributed by atoms with van der Waals surface area (Å²) < 4.78 is 37.4. The molecule has 0 bridgehead atoms. The number of nitrogens with one attached hydrogen (secondary N) is 1. The minimum Gasteiger partial charge on any atom is -0.333 e. The van der Waals surface area contributed by atoms with Crippen molar-refractivity contribution in [2.24, 2.45) is 5.73 Å². The third-order valence-electron chi connectivity index (χ3n) is 2.27. The fourth-order valence-corrected chi connectivity index (χ4v) is 1.18. The van der Waals surface area contributed by atoms with Crippen LogP contribution in [0.2, 0.25) is 0 Å². The summed E-state index contributed by atoms with van der Waals surface area (Å²) in [6.45, 7) is 5.15. The van der Waals surface area contributed by atoms with Gasteiger partial charge in [0.25, 0.3) is 5.91 Å². The molecule has 0 fully saturated rings. The fourth-order valence-electron chi connectivity index (χ4n) is 1.18. The summed E-state index contributed by atoms with van der Waals surface area (Å²) in [6.07, 6.45) is -5.26. The van der Waals surface area contributed by atoms with Crippen molar-refractivity contribution in [1.82, 2.24) is 5.32 Å². The molecular weight excluding hydrogens is 245 g/mol. The second-order valence-electron chi connectivity index (χ2n) is 3.88. The van der Waals surface area contributed by atoms with Crippen molar-refractivity contribution in [3.8, 4) is 0 Å². The van der Waals surface area contributed by atoms with Crippen LogP contribution in [0.15, 0.2) is 36.4 Å². The van der Waals surface area contributed by atoms with Crippen LogP contribution >= 0.6 is 0 Å². The number of alkyl halides is 3. The van der Waals surface area contributed by atoms with E-state index in [0.717, 1.165) is 12.1 Å². The molecule has 18 heavy (non-hydrogen) atoms. The second kappa shape index (κ2) is 5.22. The average molecular weight is 258 g/mol. The van der Waals surface area contributed by atoms with Crippen LogP contribution in [0, 0.1) is 0 Å². The molecule has 1 amide bonds. The van der Waals surface area contributed by atoms with Gasteiger partial charge in [-0.25, -0.2) is 0 Å². The van der Waals surface area contributed by atoms with Gasteiger partial charge in [0.2, 0.25) is 0 Å². The van der Waals surface area contributed by atoms with E-state index in [0.29, 0.717) is 5.57 Å². The number of amides is 1. The van der Waals surface area contributed by atoms with Crippen LogP contribution < -0.4 is 11.1 Å². The predicted octanol–water partition coefficient (Wildman–Crippen LogP) is 2.30. The van der Waals surface area contributed by atoms with Gasteiger partial charge >= 0.3 is 6.18 Å². The lowest BCUT2D eigenvalue weighted by Crippen LogP contribution is -2.42. The maximum absolute atomic E-state index is 12.5. The molecule has 98 valence electrons. The highest BCUT2D eigenvalue weighted by Crippen LogP contribution is 2.29. The highest BCUT2D eigenvalue weighted by molar-refractivity contribution is 5.94. The van der Waals surface area contributed by atoms with Crippen LogP contribution in [-0.2, 0) is 6.18 Å². The lowest BCUT2D eigenvalue weighted by atomic mass is 10.1. The molecule has 0 heterocycles. The van der Waals surface area contributed by atoms with E-state index in [1.807, 2.05) is 0 Å². The molecule has 0 aliphatic rings. The van der Waals surface area contributed by atoms with E-state index in [4.69, 9.17) is 5.73 Å². The van der Waals surface area contributed by atoms with Gasteiger partial charge in [0, 0.05) is 5.56 Å². The number of halogens is 3. The summed E-state index contributed by atoms with van der Waals surface area (Å²) in [5.41, 5.74) is 5.06. The molecule has 1 aromatic rings. The van der Waals surface area contributed by atoms with Gasteiger partial charge < -0.3 is 11.1 Å². The summed E-state index contributed by atoms with van der Waals surface area (Å²) in [7, 11) is 0. The van der Waals surface area contributed by atoms with Gasteiger partial charge in [-0.3, -0.25) is 4.79 Å². The van der Waals surface area contributed by atoms with E-state index in [1.54, 1.807) is 6.92 Å². The Morgan fingerprint density at radius 1 is 1.44 bits per heavy atom. The average Bonchev–Trinajstić information content (AvgIpc) is 2.27. The number of carbonyl (C=O) groups excluding carboxylic acids is 1. The number of rotatable bonds is 3. The molecular formula is C12H13F3N2O. The van der Waals surface area contributed by atoms with Gasteiger partial charge in [0.05, 0.1) is 11.7 Å². The number of hydrogen-bond donors (Lipinski definition) is 2. The normalized spacial score (nSPS) is 12.9. The topological polar surface area (TPSA) is 55.1 Å².